The Bertz CT molecular complexity index is 1250. The number of hydrogen-bond acceptors (Lipinski definition) is 26. The molecule has 5 aliphatic heterocycles. The molecule has 0 aromatic rings. The third-order valence-electron chi connectivity index (χ3n) is 10.6. The fraction of sp³-hybridized carbons (Fsp3) is 1.00. The molecule has 5 rings (SSSR count). The van der Waals surface area contributed by atoms with E-state index in [-0.39, 0.29) is 0 Å². The van der Waals surface area contributed by atoms with Crippen molar-refractivity contribution in [2.24, 2.45) is 0 Å². The summed E-state index contributed by atoms with van der Waals surface area (Å²) in [6, 6.07) is 0. The lowest BCUT2D eigenvalue weighted by Crippen LogP contribution is -2.66. The molecule has 26 nitrogen and oxygen atoms in total. The highest BCUT2D eigenvalue weighted by atomic mass is 16.8. The number of aliphatic hydroxyl groups excluding tert-OH is 17. The Kier molecular flexibility index (Phi) is 15.0. The monoisotopic (exact) mass is 828 g/mol. The van der Waals surface area contributed by atoms with Crippen LogP contribution in [0, 0.1) is 0 Å². The van der Waals surface area contributed by atoms with Crippen molar-refractivity contribution in [1.82, 2.24) is 0 Å². The van der Waals surface area contributed by atoms with Gasteiger partial charge < -0.3 is 129 Å². The van der Waals surface area contributed by atoms with E-state index in [9.17, 15) is 86.8 Å². The third-order valence-corrected chi connectivity index (χ3v) is 10.6. The minimum absolute atomic E-state index is 0.843. The smallest absolute Gasteiger partial charge is 0.224 e. The molecule has 0 aromatic heterocycles. The van der Waals surface area contributed by atoms with Crippen LogP contribution in [0.15, 0.2) is 0 Å². The highest BCUT2D eigenvalue weighted by Crippen LogP contribution is 2.42. The highest BCUT2D eigenvalue weighted by Gasteiger charge is 2.64. The van der Waals surface area contributed by atoms with Gasteiger partial charge in [0.1, 0.15) is 124 Å². The molecule has 0 saturated carbocycles. The van der Waals surface area contributed by atoms with E-state index in [1.165, 1.54) is 0 Å². The largest absolute Gasteiger partial charge is 0.394 e. The van der Waals surface area contributed by atoms with Gasteiger partial charge in [-0.3, -0.25) is 0 Å². The molecular formula is C30H52O26. The van der Waals surface area contributed by atoms with Crippen LogP contribution in [0.4, 0.5) is 0 Å². The lowest BCUT2D eigenvalue weighted by atomic mass is 9.96. The van der Waals surface area contributed by atoms with Crippen LogP contribution in [-0.2, 0) is 42.6 Å². The Balaban J connectivity index is 1.40. The minimum Gasteiger partial charge on any atom is -0.394 e. The molecule has 0 aromatic carbocycles. The Labute approximate surface area is 316 Å². The summed E-state index contributed by atoms with van der Waals surface area (Å²) in [4.78, 5) is 0. The summed E-state index contributed by atoms with van der Waals surface area (Å²) >= 11 is 0. The zero-order chi connectivity index (χ0) is 41.5. The highest BCUT2D eigenvalue weighted by molar-refractivity contribution is 5.03. The fourth-order valence-electron chi connectivity index (χ4n) is 7.14. The first-order valence-corrected chi connectivity index (χ1v) is 17.5. The predicted molar refractivity (Wildman–Crippen MR) is 167 cm³/mol. The van der Waals surface area contributed by atoms with Gasteiger partial charge in [0.05, 0.1) is 33.0 Å². The van der Waals surface area contributed by atoms with Gasteiger partial charge in [0.2, 0.25) is 17.4 Å². The molecule has 5 aliphatic rings. The Hall–Kier alpha value is -1.04. The molecule has 5 fully saturated rings. The van der Waals surface area contributed by atoms with Crippen LogP contribution in [0.2, 0.25) is 0 Å². The van der Waals surface area contributed by atoms with Gasteiger partial charge in [-0.2, -0.15) is 0 Å². The fourth-order valence-corrected chi connectivity index (χ4v) is 7.14. The summed E-state index contributed by atoms with van der Waals surface area (Å²) in [6.45, 7) is -8.20. The van der Waals surface area contributed by atoms with Gasteiger partial charge in [0.15, 0.2) is 12.6 Å². The van der Waals surface area contributed by atoms with E-state index in [4.69, 9.17) is 42.6 Å². The molecule has 22 unspecified atom stereocenters. The van der Waals surface area contributed by atoms with E-state index in [1.807, 2.05) is 0 Å². The van der Waals surface area contributed by atoms with E-state index in [0.717, 1.165) is 0 Å². The van der Waals surface area contributed by atoms with Crippen LogP contribution >= 0.6 is 0 Å². The van der Waals surface area contributed by atoms with Crippen molar-refractivity contribution < 1.29 is 129 Å². The summed E-state index contributed by atoms with van der Waals surface area (Å²) in [5.74, 6) is -8.02. The predicted octanol–water partition coefficient (Wildman–Crippen LogP) is -11.9. The van der Waals surface area contributed by atoms with Gasteiger partial charge in [-0.1, -0.05) is 0 Å². The lowest BCUT2D eigenvalue weighted by Gasteiger charge is -2.47. The van der Waals surface area contributed by atoms with Gasteiger partial charge in [-0.05, 0) is 0 Å². The molecule has 0 amide bonds. The summed E-state index contributed by atoms with van der Waals surface area (Å²) < 4.78 is 50.2. The van der Waals surface area contributed by atoms with Crippen molar-refractivity contribution in [1.29, 1.82) is 0 Å². The average Bonchev–Trinajstić information content (AvgIpc) is 3.70. The maximum Gasteiger partial charge on any atom is 0.224 e. The molecule has 328 valence electrons. The second kappa shape index (κ2) is 18.3. The van der Waals surface area contributed by atoms with Crippen molar-refractivity contribution in [3.8, 4) is 0 Å². The van der Waals surface area contributed by atoms with Crippen molar-refractivity contribution in [3.05, 3.63) is 0 Å². The van der Waals surface area contributed by atoms with Crippen molar-refractivity contribution in [2.45, 2.75) is 134 Å². The third kappa shape index (κ3) is 8.21. The number of aliphatic hydroxyl groups is 17. The molecule has 26 heteroatoms. The van der Waals surface area contributed by atoms with E-state index in [0.29, 0.717) is 0 Å². The van der Waals surface area contributed by atoms with Gasteiger partial charge >= 0.3 is 0 Å². The summed E-state index contributed by atoms with van der Waals surface area (Å²) in [5, 5.41) is 177. The molecule has 56 heavy (non-hydrogen) atoms. The Morgan fingerprint density at radius 1 is 0.393 bits per heavy atom. The number of rotatable bonds is 16. The van der Waals surface area contributed by atoms with Crippen LogP contribution in [0.1, 0.15) is 0 Å². The second-order valence-electron chi connectivity index (χ2n) is 14.1. The minimum atomic E-state index is -2.81. The summed E-state index contributed by atoms with van der Waals surface area (Å²) in [7, 11) is 0. The number of hydrogen-bond donors (Lipinski definition) is 17. The van der Waals surface area contributed by atoms with Crippen molar-refractivity contribution in [2.75, 3.05) is 52.9 Å². The van der Waals surface area contributed by atoms with Crippen LogP contribution < -0.4 is 0 Å². The molecular weight excluding hydrogens is 776 g/mol. The normalized spacial score (nSPS) is 52.6. The molecule has 5 heterocycles. The van der Waals surface area contributed by atoms with Crippen LogP contribution in [-0.4, -0.2) is 273 Å². The van der Waals surface area contributed by atoms with E-state index >= 15 is 0 Å². The van der Waals surface area contributed by atoms with Crippen molar-refractivity contribution in [3.63, 3.8) is 0 Å². The first-order chi connectivity index (χ1) is 26.4. The van der Waals surface area contributed by atoms with E-state index < -0.39 is 187 Å². The maximum absolute atomic E-state index is 11.2. The standard InChI is InChI=1S/C30H52O26/c31-1-9-14(37)18(41)20(43)26(50-9)52-22-13(5-35)51-27(21(44)19(22)42)56-30(25(47)17(40)12(4-34)55-30)8-49-29(24(46)16(39)11(3-33)54-29)7-48-28(6-36)23(45)15(38)10(2-32)53-28/h9-27,31-47H,1-8H2. The molecule has 0 bridgehead atoms. The number of ether oxygens (including phenoxy) is 9. The molecule has 0 spiro atoms. The van der Waals surface area contributed by atoms with E-state index in [1.54, 1.807) is 0 Å². The molecule has 22 atom stereocenters. The zero-order valence-electron chi connectivity index (χ0n) is 29.4. The van der Waals surface area contributed by atoms with Crippen LogP contribution in [0.5, 0.6) is 0 Å². The van der Waals surface area contributed by atoms with E-state index in [2.05, 4.69) is 0 Å². The topological polar surface area (TPSA) is 427 Å². The van der Waals surface area contributed by atoms with Crippen molar-refractivity contribution >= 4 is 0 Å². The molecule has 0 aliphatic carbocycles. The molecule has 0 radical (unpaired) electrons. The Morgan fingerprint density at radius 2 is 0.804 bits per heavy atom. The Morgan fingerprint density at radius 3 is 1.30 bits per heavy atom. The molecule has 5 saturated heterocycles. The first kappa shape index (κ1) is 46.0. The zero-order valence-corrected chi connectivity index (χ0v) is 29.4. The second-order valence-corrected chi connectivity index (χ2v) is 14.1. The van der Waals surface area contributed by atoms with Gasteiger partial charge in [0.25, 0.3) is 0 Å². The van der Waals surface area contributed by atoms with Gasteiger partial charge in [-0.25, -0.2) is 0 Å². The van der Waals surface area contributed by atoms with Gasteiger partial charge in [0, 0.05) is 0 Å². The first-order valence-electron chi connectivity index (χ1n) is 17.5. The van der Waals surface area contributed by atoms with Crippen LogP contribution in [0.25, 0.3) is 0 Å². The summed E-state index contributed by atoms with van der Waals surface area (Å²) in [5.41, 5.74) is 0. The van der Waals surface area contributed by atoms with Gasteiger partial charge in [-0.15, -0.1) is 0 Å². The average molecular weight is 829 g/mol. The quantitative estimate of drug-likeness (QED) is 0.0687. The maximum atomic E-state index is 11.2. The lowest BCUT2D eigenvalue weighted by molar-refractivity contribution is -0.412. The molecule has 17 N–H and O–H groups in total. The SMILES string of the molecule is OCC1OC(OC2C(CO)OC(OC3(COC4(COC5(CO)OC(CO)C(O)C5O)OC(CO)C(O)C4O)OC(CO)C(O)C3O)C(O)C2O)C(O)C(O)C1O. The van der Waals surface area contributed by atoms with Crippen LogP contribution in [0.3, 0.4) is 0 Å². The summed E-state index contributed by atoms with van der Waals surface area (Å²) in [6.07, 6.45) is -36.0.